The SMILES string of the molecule is C=N/C(=N\C=C(/C)c1cnc2[nH]c3c(NC)cc(F)c(F)c3c2c1N1CCC(CN)C1)OC. The van der Waals surface area contributed by atoms with Crippen molar-refractivity contribution < 1.29 is 13.5 Å². The minimum Gasteiger partial charge on any atom is -0.467 e. The second kappa shape index (κ2) is 9.14. The van der Waals surface area contributed by atoms with Crippen LogP contribution >= 0.6 is 0 Å². The molecule has 2 aromatic heterocycles. The number of aromatic nitrogens is 2. The molecule has 10 heteroatoms. The van der Waals surface area contributed by atoms with Crippen LogP contribution in [0.25, 0.3) is 27.5 Å². The second-order valence-corrected chi connectivity index (χ2v) is 8.01. The maximum Gasteiger partial charge on any atom is 0.315 e. The Morgan fingerprint density at radius 1 is 1.45 bits per heavy atom. The Morgan fingerprint density at radius 3 is 2.88 bits per heavy atom. The van der Waals surface area contributed by atoms with Crippen molar-refractivity contribution in [3.63, 3.8) is 0 Å². The third kappa shape index (κ3) is 3.91. The predicted molar refractivity (Wildman–Crippen MR) is 130 cm³/mol. The van der Waals surface area contributed by atoms with E-state index >= 15 is 4.39 Å². The third-order valence-electron chi connectivity index (χ3n) is 6.08. The molecule has 0 radical (unpaired) electrons. The number of amidine groups is 1. The van der Waals surface area contributed by atoms with Gasteiger partial charge >= 0.3 is 6.02 Å². The monoisotopic (exact) mass is 455 g/mol. The van der Waals surface area contributed by atoms with Crippen LogP contribution in [0.4, 0.5) is 20.2 Å². The van der Waals surface area contributed by atoms with Crippen molar-refractivity contribution >= 4 is 51.6 Å². The first-order valence-electron chi connectivity index (χ1n) is 10.6. The molecule has 4 N–H and O–H groups in total. The molecular weight excluding hydrogens is 428 g/mol. The molecule has 0 aliphatic carbocycles. The zero-order chi connectivity index (χ0) is 23.7. The molecule has 4 rings (SSSR count). The van der Waals surface area contributed by atoms with Gasteiger partial charge in [-0.1, -0.05) is 0 Å². The third-order valence-corrected chi connectivity index (χ3v) is 6.08. The molecule has 174 valence electrons. The van der Waals surface area contributed by atoms with Crippen molar-refractivity contribution in [1.29, 1.82) is 0 Å². The fourth-order valence-electron chi connectivity index (χ4n) is 4.36. The summed E-state index contributed by atoms with van der Waals surface area (Å²) in [5, 5.41) is 3.62. The number of benzene rings is 1. The zero-order valence-electron chi connectivity index (χ0n) is 18.9. The van der Waals surface area contributed by atoms with Crippen molar-refractivity contribution in [3.05, 3.63) is 35.7 Å². The van der Waals surface area contributed by atoms with Crippen LogP contribution in [0.2, 0.25) is 0 Å². The molecule has 1 aromatic carbocycles. The lowest BCUT2D eigenvalue weighted by Crippen LogP contribution is -2.24. The zero-order valence-corrected chi connectivity index (χ0v) is 18.9. The number of nitrogens with one attached hydrogen (secondary N) is 2. The summed E-state index contributed by atoms with van der Waals surface area (Å²) in [6.45, 7) is 7.30. The molecule has 1 saturated heterocycles. The molecule has 0 bridgehead atoms. The van der Waals surface area contributed by atoms with Gasteiger partial charge in [0.25, 0.3) is 0 Å². The van der Waals surface area contributed by atoms with Crippen LogP contribution in [-0.4, -0.2) is 56.5 Å². The summed E-state index contributed by atoms with van der Waals surface area (Å²) in [5.74, 6) is -1.53. The van der Waals surface area contributed by atoms with E-state index in [2.05, 4.69) is 36.9 Å². The Labute approximate surface area is 190 Å². The number of H-pyrrole nitrogens is 1. The van der Waals surface area contributed by atoms with Gasteiger partial charge in [0.05, 0.1) is 34.8 Å². The Bertz CT molecular complexity index is 1280. The van der Waals surface area contributed by atoms with Crippen LogP contribution in [-0.2, 0) is 4.74 Å². The normalized spacial score (nSPS) is 17.3. The number of hydrogen-bond donors (Lipinski definition) is 3. The molecule has 0 amide bonds. The van der Waals surface area contributed by atoms with E-state index in [1.807, 2.05) is 6.92 Å². The van der Waals surface area contributed by atoms with E-state index < -0.39 is 11.6 Å². The quantitative estimate of drug-likeness (QED) is 0.400. The molecule has 1 aliphatic rings. The Kier molecular flexibility index (Phi) is 6.28. The number of pyridine rings is 1. The fraction of sp³-hybridized carbons (Fsp3) is 0.348. The fourth-order valence-corrected chi connectivity index (χ4v) is 4.36. The number of aromatic amines is 1. The number of fused-ring (bicyclic) bond motifs is 3. The number of anilines is 2. The highest BCUT2D eigenvalue weighted by atomic mass is 19.2. The van der Waals surface area contributed by atoms with Crippen LogP contribution in [0, 0.1) is 17.6 Å². The summed E-state index contributed by atoms with van der Waals surface area (Å²) in [5.41, 5.74) is 9.59. The summed E-state index contributed by atoms with van der Waals surface area (Å²) < 4.78 is 34.8. The Balaban J connectivity index is 2.05. The van der Waals surface area contributed by atoms with Crippen LogP contribution in [0.3, 0.4) is 0 Å². The number of rotatable bonds is 5. The number of halogens is 2. The summed E-state index contributed by atoms with van der Waals surface area (Å²) in [7, 11) is 3.12. The lowest BCUT2D eigenvalue weighted by molar-refractivity contribution is 0.397. The molecular formula is C23H27F2N7O. The maximum absolute atomic E-state index is 15.2. The molecule has 3 aromatic rings. The molecule has 1 fully saturated rings. The first kappa shape index (κ1) is 22.7. The number of nitrogens with two attached hydrogens (primary N) is 1. The molecule has 0 spiro atoms. The molecule has 1 atom stereocenters. The lowest BCUT2D eigenvalue weighted by atomic mass is 10.0. The first-order valence-corrected chi connectivity index (χ1v) is 10.6. The van der Waals surface area contributed by atoms with Gasteiger partial charge in [-0.25, -0.2) is 23.7 Å². The van der Waals surface area contributed by atoms with Gasteiger partial charge in [-0.05, 0) is 38.1 Å². The average Bonchev–Trinajstić information content (AvgIpc) is 3.46. The molecule has 3 heterocycles. The van der Waals surface area contributed by atoms with E-state index in [0.29, 0.717) is 41.2 Å². The van der Waals surface area contributed by atoms with Gasteiger partial charge in [-0.3, -0.25) is 0 Å². The Hall–Kier alpha value is -3.53. The molecule has 1 aliphatic heterocycles. The van der Waals surface area contributed by atoms with Gasteiger partial charge < -0.3 is 25.7 Å². The molecule has 8 nitrogen and oxygen atoms in total. The minimum absolute atomic E-state index is 0.119. The first-order chi connectivity index (χ1) is 15.9. The highest BCUT2D eigenvalue weighted by Crippen LogP contribution is 2.43. The van der Waals surface area contributed by atoms with Crippen molar-refractivity contribution in [1.82, 2.24) is 9.97 Å². The second-order valence-electron chi connectivity index (χ2n) is 8.01. The van der Waals surface area contributed by atoms with Crippen LogP contribution in [0.1, 0.15) is 18.9 Å². The maximum atomic E-state index is 15.2. The summed E-state index contributed by atoms with van der Waals surface area (Å²) in [6.07, 6.45) is 4.22. The number of methoxy groups -OCH3 is 1. The van der Waals surface area contributed by atoms with Crippen LogP contribution in [0.5, 0.6) is 0 Å². The van der Waals surface area contributed by atoms with Gasteiger partial charge in [-0.2, -0.15) is 0 Å². The van der Waals surface area contributed by atoms with Crippen LogP contribution < -0.4 is 16.0 Å². The van der Waals surface area contributed by atoms with Crippen LogP contribution in [0.15, 0.2) is 28.4 Å². The molecule has 0 saturated carbocycles. The van der Waals surface area contributed by atoms with Crippen molar-refractivity contribution in [2.45, 2.75) is 13.3 Å². The molecule has 1 unspecified atom stereocenters. The van der Waals surface area contributed by atoms with Crippen molar-refractivity contribution in [2.24, 2.45) is 21.6 Å². The van der Waals surface area contributed by atoms with Gasteiger partial charge in [0.1, 0.15) is 5.65 Å². The van der Waals surface area contributed by atoms with Crippen molar-refractivity contribution in [2.75, 3.05) is 44.0 Å². The van der Waals surface area contributed by atoms with E-state index in [4.69, 9.17) is 10.5 Å². The number of nitrogens with zero attached hydrogens (tertiary/aromatic N) is 4. The number of aliphatic imine (C=N–C) groups is 2. The summed E-state index contributed by atoms with van der Waals surface area (Å²) in [6, 6.07) is 1.26. The summed E-state index contributed by atoms with van der Waals surface area (Å²) >= 11 is 0. The minimum atomic E-state index is -0.927. The number of allylic oxidation sites excluding steroid dienone is 1. The number of ether oxygens (including phenoxy) is 1. The van der Waals surface area contributed by atoms with E-state index in [9.17, 15) is 4.39 Å². The number of hydrogen-bond acceptors (Lipinski definition) is 6. The standard InChI is InChI=1S/C23H27F2N7O/c1-12(9-30-23(28-3)33-4)14-10-29-22-18(21(14)32-6-5-13(8-26)11-32)17-19(25)15(24)7-16(27-2)20(17)31-22/h7,9-10,13,27H,3,5-6,8,11,26H2,1-2,4H3,(H,29,31)/b12-9+,30-23+. The summed E-state index contributed by atoms with van der Waals surface area (Å²) in [4.78, 5) is 17.8. The van der Waals surface area contributed by atoms with E-state index in [-0.39, 0.29) is 11.4 Å². The predicted octanol–water partition coefficient (Wildman–Crippen LogP) is 3.88. The molecule has 33 heavy (non-hydrogen) atoms. The lowest BCUT2D eigenvalue weighted by Gasteiger charge is -2.23. The van der Waals surface area contributed by atoms with Crippen molar-refractivity contribution in [3.8, 4) is 0 Å². The average molecular weight is 456 g/mol. The van der Waals surface area contributed by atoms with E-state index in [1.54, 1.807) is 19.4 Å². The topological polar surface area (TPSA) is 104 Å². The van der Waals surface area contributed by atoms with Gasteiger partial charge in [-0.15, -0.1) is 0 Å². The smallest absolute Gasteiger partial charge is 0.315 e. The van der Waals surface area contributed by atoms with Gasteiger partial charge in [0, 0.05) is 44.2 Å². The Morgan fingerprint density at radius 2 is 2.24 bits per heavy atom. The largest absolute Gasteiger partial charge is 0.467 e. The van der Waals surface area contributed by atoms with Gasteiger partial charge in [0.2, 0.25) is 0 Å². The van der Waals surface area contributed by atoms with E-state index in [1.165, 1.54) is 7.11 Å². The van der Waals surface area contributed by atoms with Gasteiger partial charge in [0.15, 0.2) is 11.6 Å². The van der Waals surface area contributed by atoms with E-state index in [0.717, 1.165) is 35.9 Å². The highest BCUT2D eigenvalue weighted by Gasteiger charge is 2.29. The highest BCUT2D eigenvalue weighted by molar-refractivity contribution is 6.17.